The predicted molar refractivity (Wildman–Crippen MR) is 67.1 cm³/mol. The molecule has 3 nitrogen and oxygen atoms in total. The molecule has 15 heavy (non-hydrogen) atoms. The van der Waals surface area contributed by atoms with Crippen molar-refractivity contribution in [3.8, 4) is 0 Å². The van der Waals surface area contributed by atoms with Crippen molar-refractivity contribution in [2.24, 2.45) is 0 Å². The van der Waals surface area contributed by atoms with E-state index in [0.717, 1.165) is 31.1 Å². The van der Waals surface area contributed by atoms with Gasteiger partial charge in [0.15, 0.2) is 0 Å². The molecule has 0 unspecified atom stereocenters. The molecular weight excluding hydrogens is 206 g/mol. The summed E-state index contributed by atoms with van der Waals surface area (Å²) in [6.07, 6.45) is 5.95. The number of hydrogen-bond acceptors (Lipinski definition) is 3. The first-order valence-corrected chi connectivity index (χ1v) is 6.43. The summed E-state index contributed by atoms with van der Waals surface area (Å²) in [5.74, 6) is 2.17. The molecule has 0 atom stereocenters. The Hall–Kier alpha value is -0.740. The van der Waals surface area contributed by atoms with Crippen LogP contribution in [-0.4, -0.2) is 27.8 Å². The first kappa shape index (κ1) is 12.3. The van der Waals surface area contributed by atoms with Crippen molar-refractivity contribution in [2.75, 3.05) is 18.1 Å². The second kappa shape index (κ2) is 7.54. The lowest BCUT2D eigenvalue weighted by Crippen LogP contribution is -2.16. The molecule has 1 rings (SSSR count). The third kappa shape index (κ3) is 5.04. The van der Waals surface area contributed by atoms with Crippen LogP contribution in [0.3, 0.4) is 0 Å². The van der Waals surface area contributed by atoms with E-state index in [0.29, 0.717) is 0 Å². The number of aromatic nitrogens is 2. The van der Waals surface area contributed by atoms with Gasteiger partial charge in [0.05, 0.1) is 6.20 Å². The van der Waals surface area contributed by atoms with Crippen LogP contribution in [0.1, 0.15) is 12.5 Å². The summed E-state index contributed by atoms with van der Waals surface area (Å²) < 4.78 is 1.95. The highest BCUT2D eigenvalue weighted by Crippen LogP contribution is 1.99. The molecule has 1 N–H and O–H groups in total. The topological polar surface area (TPSA) is 29.9 Å². The molecule has 0 bridgehead atoms. The van der Waals surface area contributed by atoms with Crippen molar-refractivity contribution >= 4 is 11.8 Å². The number of aryl methyl sites for hydroxylation is 1. The zero-order valence-electron chi connectivity index (χ0n) is 9.28. The van der Waals surface area contributed by atoms with Gasteiger partial charge in [-0.15, -0.1) is 6.58 Å². The van der Waals surface area contributed by atoms with Crippen LogP contribution in [0, 0.1) is 0 Å². The Kier molecular flexibility index (Phi) is 6.20. The van der Waals surface area contributed by atoms with Crippen LogP contribution in [-0.2, 0) is 13.1 Å². The molecule has 0 amide bonds. The minimum absolute atomic E-state index is 0.911. The quantitative estimate of drug-likeness (QED) is 0.541. The highest BCUT2D eigenvalue weighted by molar-refractivity contribution is 7.99. The molecule has 0 fully saturated rings. The van der Waals surface area contributed by atoms with E-state index in [2.05, 4.69) is 30.1 Å². The fourth-order valence-electron chi connectivity index (χ4n) is 1.21. The summed E-state index contributed by atoms with van der Waals surface area (Å²) in [4.78, 5) is 0. The van der Waals surface area contributed by atoms with Gasteiger partial charge in [0.25, 0.3) is 0 Å². The SMILES string of the molecule is C=CCSCCNCc1cnn(CC)c1. The molecule has 0 aromatic carbocycles. The summed E-state index contributed by atoms with van der Waals surface area (Å²) in [5.41, 5.74) is 1.26. The maximum atomic E-state index is 4.22. The average Bonchev–Trinajstić information content (AvgIpc) is 2.71. The van der Waals surface area contributed by atoms with Gasteiger partial charge in [0, 0.05) is 42.9 Å². The summed E-state index contributed by atoms with van der Waals surface area (Å²) in [5, 5.41) is 7.61. The van der Waals surface area contributed by atoms with Crippen LogP contribution < -0.4 is 5.32 Å². The van der Waals surface area contributed by atoms with E-state index < -0.39 is 0 Å². The molecule has 4 heteroatoms. The number of nitrogens with one attached hydrogen (secondary N) is 1. The van der Waals surface area contributed by atoms with E-state index in [1.165, 1.54) is 5.56 Å². The molecule has 0 saturated carbocycles. The lowest BCUT2D eigenvalue weighted by atomic mass is 10.3. The molecule has 0 saturated heterocycles. The van der Waals surface area contributed by atoms with Gasteiger partial charge in [-0.2, -0.15) is 16.9 Å². The molecule has 0 aliphatic rings. The Balaban J connectivity index is 2.06. The normalized spacial score (nSPS) is 10.5. The van der Waals surface area contributed by atoms with Crippen LogP contribution in [0.2, 0.25) is 0 Å². The van der Waals surface area contributed by atoms with Gasteiger partial charge < -0.3 is 5.32 Å². The van der Waals surface area contributed by atoms with E-state index >= 15 is 0 Å². The maximum Gasteiger partial charge on any atom is 0.0534 e. The van der Waals surface area contributed by atoms with Crippen molar-refractivity contribution in [1.82, 2.24) is 15.1 Å². The fourth-order valence-corrected chi connectivity index (χ4v) is 1.84. The first-order chi connectivity index (χ1) is 7.36. The van der Waals surface area contributed by atoms with Gasteiger partial charge in [-0.1, -0.05) is 6.08 Å². The van der Waals surface area contributed by atoms with Crippen LogP contribution in [0.5, 0.6) is 0 Å². The smallest absolute Gasteiger partial charge is 0.0534 e. The standard InChI is InChI=1S/C11H19N3S/c1-3-6-15-7-5-12-8-11-9-13-14(4-2)10-11/h3,9-10,12H,1,4-8H2,2H3. The fraction of sp³-hybridized carbons (Fsp3) is 0.545. The van der Waals surface area contributed by atoms with Crippen LogP contribution in [0.4, 0.5) is 0 Å². The summed E-state index contributed by atoms with van der Waals surface area (Å²) >= 11 is 1.90. The lowest BCUT2D eigenvalue weighted by molar-refractivity contribution is 0.657. The molecule has 1 aromatic rings. The second-order valence-corrected chi connectivity index (χ2v) is 4.39. The Morgan fingerprint density at radius 2 is 2.53 bits per heavy atom. The molecule has 0 spiro atoms. The number of thioether (sulfide) groups is 1. The summed E-state index contributed by atoms with van der Waals surface area (Å²) in [6, 6.07) is 0. The monoisotopic (exact) mass is 225 g/mol. The highest BCUT2D eigenvalue weighted by atomic mass is 32.2. The maximum absolute atomic E-state index is 4.22. The molecule has 1 heterocycles. The summed E-state index contributed by atoms with van der Waals surface area (Å²) in [6.45, 7) is 8.67. The van der Waals surface area contributed by atoms with Crippen molar-refractivity contribution in [3.63, 3.8) is 0 Å². The zero-order valence-corrected chi connectivity index (χ0v) is 10.1. The van der Waals surface area contributed by atoms with Gasteiger partial charge in [0.2, 0.25) is 0 Å². The molecule has 0 aliphatic carbocycles. The Morgan fingerprint density at radius 1 is 1.67 bits per heavy atom. The second-order valence-electron chi connectivity index (χ2n) is 3.24. The van der Waals surface area contributed by atoms with E-state index in [1.54, 1.807) is 0 Å². The third-order valence-electron chi connectivity index (χ3n) is 2.00. The lowest BCUT2D eigenvalue weighted by Gasteiger charge is -2.01. The number of rotatable bonds is 8. The molecular formula is C11H19N3S. The van der Waals surface area contributed by atoms with Gasteiger partial charge in [-0.3, -0.25) is 4.68 Å². The zero-order chi connectivity index (χ0) is 10.9. The highest BCUT2D eigenvalue weighted by Gasteiger charge is 1.95. The minimum Gasteiger partial charge on any atom is -0.312 e. The van der Waals surface area contributed by atoms with Crippen LogP contribution >= 0.6 is 11.8 Å². The third-order valence-corrected chi connectivity index (χ3v) is 2.96. The number of hydrogen-bond donors (Lipinski definition) is 1. The first-order valence-electron chi connectivity index (χ1n) is 5.27. The van der Waals surface area contributed by atoms with Crippen molar-refractivity contribution < 1.29 is 0 Å². The molecule has 84 valence electrons. The van der Waals surface area contributed by atoms with E-state index in [4.69, 9.17) is 0 Å². The predicted octanol–water partition coefficient (Wildman–Crippen LogP) is 1.91. The molecule has 1 aromatic heterocycles. The van der Waals surface area contributed by atoms with Gasteiger partial charge in [-0.05, 0) is 6.92 Å². The minimum atomic E-state index is 0.911. The molecule has 0 aliphatic heterocycles. The van der Waals surface area contributed by atoms with Gasteiger partial charge in [0.1, 0.15) is 0 Å². The summed E-state index contributed by atoms with van der Waals surface area (Å²) in [7, 11) is 0. The van der Waals surface area contributed by atoms with Crippen LogP contribution in [0.15, 0.2) is 25.0 Å². The van der Waals surface area contributed by atoms with E-state index in [-0.39, 0.29) is 0 Å². The van der Waals surface area contributed by atoms with Gasteiger partial charge >= 0.3 is 0 Å². The van der Waals surface area contributed by atoms with Crippen LogP contribution in [0.25, 0.3) is 0 Å². The Bertz CT molecular complexity index is 283. The van der Waals surface area contributed by atoms with E-state index in [9.17, 15) is 0 Å². The van der Waals surface area contributed by atoms with Crippen molar-refractivity contribution in [2.45, 2.75) is 20.0 Å². The van der Waals surface area contributed by atoms with Crippen molar-refractivity contribution in [3.05, 3.63) is 30.6 Å². The molecule has 0 radical (unpaired) electrons. The number of nitrogens with zero attached hydrogens (tertiary/aromatic N) is 2. The van der Waals surface area contributed by atoms with Crippen molar-refractivity contribution in [1.29, 1.82) is 0 Å². The Labute approximate surface area is 95.9 Å². The van der Waals surface area contributed by atoms with E-state index in [1.807, 2.05) is 28.7 Å². The largest absolute Gasteiger partial charge is 0.312 e. The average molecular weight is 225 g/mol. The van der Waals surface area contributed by atoms with Gasteiger partial charge in [-0.25, -0.2) is 0 Å². The Morgan fingerprint density at radius 3 is 3.20 bits per heavy atom.